The van der Waals surface area contributed by atoms with Crippen LogP contribution in [0.1, 0.15) is 16.7 Å². The van der Waals surface area contributed by atoms with Gasteiger partial charge in [0.1, 0.15) is 5.75 Å². The van der Waals surface area contributed by atoms with Gasteiger partial charge in [-0.15, -0.1) is 0 Å². The van der Waals surface area contributed by atoms with E-state index in [1.54, 1.807) is 7.05 Å². The largest absolute Gasteiger partial charge is 0.394 e. The van der Waals surface area contributed by atoms with Gasteiger partial charge >= 0.3 is 0 Å². The lowest BCUT2D eigenvalue weighted by Crippen LogP contribution is -2.30. The summed E-state index contributed by atoms with van der Waals surface area (Å²) < 4.78 is 0. The van der Waals surface area contributed by atoms with E-state index in [1.807, 2.05) is 12.1 Å². The van der Waals surface area contributed by atoms with E-state index in [9.17, 15) is 0 Å². The molecule has 0 fully saturated rings. The van der Waals surface area contributed by atoms with Gasteiger partial charge in [-0.3, -0.25) is 0 Å². The Morgan fingerprint density at radius 2 is 1.37 bits per heavy atom. The molecule has 0 atom stereocenters. The molecule has 0 heterocycles. The van der Waals surface area contributed by atoms with Crippen LogP contribution >= 0.6 is 0 Å². The molecule has 0 amide bonds. The van der Waals surface area contributed by atoms with Crippen LogP contribution in [0.2, 0.25) is 0 Å². The monoisotopic (exact) mass is 256 g/mol. The molecule has 0 saturated heterocycles. The SMILES string of the molecule is CNNOc1ccc(CCc2ccc(C)cc2)cc1. The molecule has 2 N–H and O–H groups in total. The van der Waals surface area contributed by atoms with Crippen molar-refractivity contribution in [2.24, 2.45) is 0 Å². The van der Waals surface area contributed by atoms with Gasteiger partial charge in [-0.05, 0) is 43.0 Å². The second kappa shape index (κ2) is 6.92. The Labute approximate surface area is 114 Å². The van der Waals surface area contributed by atoms with E-state index in [0.29, 0.717) is 0 Å². The lowest BCUT2D eigenvalue weighted by atomic mass is 10.0. The van der Waals surface area contributed by atoms with Gasteiger partial charge in [-0.25, -0.2) is 5.43 Å². The van der Waals surface area contributed by atoms with Crippen molar-refractivity contribution in [2.45, 2.75) is 19.8 Å². The number of rotatable bonds is 6. The molecule has 0 aliphatic carbocycles. The Hall–Kier alpha value is -1.84. The highest BCUT2D eigenvalue weighted by atomic mass is 16.7. The summed E-state index contributed by atoms with van der Waals surface area (Å²) in [6, 6.07) is 16.9. The highest BCUT2D eigenvalue weighted by Crippen LogP contribution is 2.13. The number of aryl methyl sites for hydroxylation is 3. The minimum atomic E-state index is 0.799. The summed E-state index contributed by atoms with van der Waals surface area (Å²) in [7, 11) is 1.76. The second-order valence-corrected chi connectivity index (χ2v) is 4.58. The molecule has 2 aromatic rings. The maximum Gasteiger partial charge on any atom is 0.149 e. The van der Waals surface area contributed by atoms with Crippen LogP contribution in [0.3, 0.4) is 0 Å². The topological polar surface area (TPSA) is 33.3 Å². The maximum absolute atomic E-state index is 5.22. The second-order valence-electron chi connectivity index (χ2n) is 4.58. The van der Waals surface area contributed by atoms with E-state index in [0.717, 1.165) is 18.6 Å². The van der Waals surface area contributed by atoms with Crippen molar-refractivity contribution < 1.29 is 4.84 Å². The van der Waals surface area contributed by atoms with Crippen molar-refractivity contribution in [1.29, 1.82) is 0 Å². The lowest BCUT2D eigenvalue weighted by Gasteiger charge is -2.06. The third-order valence-corrected chi connectivity index (χ3v) is 3.02. The highest BCUT2D eigenvalue weighted by Gasteiger charge is 1.98. The summed E-state index contributed by atoms with van der Waals surface area (Å²) in [5.41, 5.74) is 9.31. The average Bonchev–Trinajstić information content (AvgIpc) is 2.46. The minimum Gasteiger partial charge on any atom is -0.394 e. The molecule has 0 aromatic heterocycles. The minimum absolute atomic E-state index is 0.799. The first kappa shape index (κ1) is 13.6. The van der Waals surface area contributed by atoms with Crippen LogP contribution in [0.15, 0.2) is 48.5 Å². The van der Waals surface area contributed by atoms with Crippen molar-refractivity contribution in [2.75, 3.05) is 7.05 Å². The zero-order valence-corrected chi connectivity index (χ0v) is 11.4. The van der Waals surface area contributed by atoms with E-state index in [1.165, 1.54) is 16.7 Å². The molecule has 0 spiro atoms. The van der Waals surface area contributed by atoms with Crippen molar-refractivity contribution >= 4 is 0 Å². The molecule has 100 valence electrons. The first-order valence-corrected chi connectivity index (χ1v) is 6.51. The molecule has 0 aliphatic heterocycles. The summed E-state index contributed by atoms with van der Waals surface area (Å²) in [6.07, 6.45) is 2.11. The molecule has 2 aromatic carbocycles. The van der Waals surface area contributed by atoms with E-state index in [-0.39, 0.29) is 0 Å². The van der Waals surface area contributed by atoms with E-state index >= 15 is 0 Å². The molecule has 0 saturated carbocycles. The van der Waals surface area contributed by atoms with Crippen LogP contribution in [-0.4, -0.2) is 7.05 Å². The molecule has 19 heavy (non-hydrogen) atoms. The fraction of sp³-hybridized carbons (Fsp3) is 0.250. The fourth-order valence-electron chi connectivity index (χ4n) is 1.88. The number of nitrogens with one attached hydrogen (secondary N) is 2. The Kier molecular flexibility index (Phi) is 4.95. The zero-order chi connectivity index (χ0) is 13.5. The van der Waals surface area contributed by atoms with Crippen LogP contribution in [0.5, 0.6) is 5.75 Å². The summed E-state index contributed by atoms with van der Waals surface area (Å²) in [6.45, 7) is 2.11. The molecular formula is C16H20N2O. The summed E-state index contributed by atoms with van der Waals surface area (Å²) >= 11 is 0. The van der Waals surface area contributed by atoms with Crippen LogP contribution in [0.25, 0.3) is 0 Å². The smallest absolute Gasteiger partial charge is 0.149 e. The van der Waals surface area contributed by atoms with Crippen molar-refractivity contribution in [1.82, 2.24) is 11.0 Å². The van der Waals surface area contributed by atoms with Crippen LogP contribution in [0, 0.1) is 6.92 Å². The Morgan fingerprint density at radius 1 is 0.842 bits per heavy atom. The average molecular weight is 256 g/mol. The molecule has 0 radical (unpaired) electrons. The van der Waals surface area contributed by atoms with Crippen molar-refractivity contribution in [3.05, 3.63) is 65.2 Å². The van der Waals surface area contributed by atoms with Gasteiger partial charge in [0.25, 0.3) is 0 Å². The fourth-order valence-corrected chi connectivity index (χ4v) is 1.88. The van der Waals surface area contributed by atoms with Gasteiger partial charge in [0, 0.05) is 7.05 Å². The normalized spacial score (nSPS) is 10.4. The predicted molar refractivity (Wildman–Crippen MR) is 77.9 cm³/mol. The number of benzene rings is 2. The Bertz CT molecular complexity index is 491. The summed E-state index contributed by atoms with van der Waals surface area (Å²) in [4.78, 5) is 5.22. The van der Waals surface area contributed by atoms with E-state index in [4.69, 9.17) is 4.84 Å². The van der Waals surface area contributed by atoms with Crippen LogP contribution in [0.4, 0.5) is 0 Å². The number of hydrogen-bond donors (Lipinski definition) is 2. The quantitative estimate of drug-likeness (QED) is 0.780. The molecule has 0 aliphatic rings. The Balaban J connectivity index is 1.87. The molecule has 2 rings (SSSR count). The molecule has 0 bridgehead atoms. The van der Waals surface area contributed by atoms with Gasteiger partial charge < -0.3 is 4.84 Å². The standard InChI is InChI=1S/C16H20N2O/c1-13-3-5-14(6-4-13)7-8-15-9-11-16(12-10-15)19-18-17-2/h3-6,9-12,17-18H,7-8H2,1-2H3. The molecule has 3 heteroatoms. The van der Waals surface area contributed by atoms with Crippen molar-refractivity contribution in [3.63, 3.8) is 0 Å². The van der Waals surface area contributed by atoms with E-state index < -0.39 is 0 Å². The summed E-state index contributed by atoms with van der Waals surface area (Å²) in [5.74, 6) is 0.799. The zero-order valence-electron chi connectivity index (χ0n) is 11.4. The van der Waals surface area contributed by atoms with Crippen LogP contribution in [-0.2, 0) is 12.8 Å². The van der Waals surface area contributed by atoms with E-state index in [2.05, 4.69) is 54.3 Å². The van der Waals surface area contributed by atoms with Gasteiger partial charge in [0.2, 0.25) is 0 Å². The highest BCUT2D eigenvalue weighted by molar-refractivity contribution is 5.28. The van der Waals surface area contributed by atoms with Gasteiger partial charge in [0.05, 0.1) is 0 Å². The maximum atomic E-state index is 5.22. The number of hydrazine groups is 1. The predicted octanol–water partition coefficient (Wildman–Crippen LogP) is 2.80. The third kappa shape index (κ3) is 4.39. The third-order valence-electron chi connectivity index (χ3n) is 3.02. The first-order valence-electron chi connectivity index (χ1n) is 6.51. The summed E-state index contributed by atoms with van der Waals surface area (Å²) in [5, 5.41) is 0. The van der Waals surface area contributed by atoms with Gasteiger partial charge in [-0.1, -0.05) is 47.6 Å². The van der Waals surface area contributed by atoms with Crippen molar-refractivity contribution in [3.8, 4) is 5.75 Å². The molecule has 0 unspecified atom stereocenters. The molecular weight excluding hydrogens is 236 g/mol. The number of hydrogen-bond acceptors (Lipinski definition) is 3. The van der Waals surface area contributed by atoms with Crippen LogP contribution < -0.4 is 15.9 Å². The lowest BCUT2D eigenvalue weighted by molar-refractivity contribution is 0.160. The molecule has 3 nitrogen and oxygen atoms in total. The van der Waals surface area contributed by atoms with Gasteiger partial charge in [0.15, 0.2) is 0 Å². The Morgan fingerprint density at radius 3 is 1.89 bits per heavy atom. The van der Waals surface area contributed by atoms with Gasteiger partial charge in [-0.2, -0.15) is 0 Å². The first-order chi connectivity index (χ1) is 9.28.